The predicted molar refractivity (Wildman–Crippen MR) is 93.3 cm³/mol. The molecular weight excluding hydrogens is 301 g/mol. The average Bonchev–Trinajstić information content (AvgIpc) is 2.40. The Morgan fingerprint density at radius 2 is 1.76 bits per heavy atom. The Morgan fingerprint density at radius 3 is 2.52 bits per heavy atom. The number of hydrogen-bond donors (Lipinski definition) is 1. The van der Waals surface area contributed by atoms with E-state index in [1.807, 2.05) is 12.1 Å². The molecule has 21 heavy (non-hydrogen) atoms. The maximum absolute atomic E-state index is 6.33. The van der Waals surface area contributed by atoms with Crippen LogP contribution in [0.25, 0.3) is 16.7 Å². The van der Waals surface area contributed by atoms with Crippen LogP contribution in [-0.4, -0.2) is 5.54 Å². The van der Waals surface area contributed by atoms with Crippen LogP contribution in [0.4, 0.5) is 5.69 Å². The van der Waals surface area contributed by atoms with Gasteiger partial charge in [-0.15, -0.1) is 0 Å². The van der Waals surface area contributed by atoms with Crippen LogP contribution in [-0.2, 0) is 0 Å². The second kappa shape index (κ2) is 5.08. The van der Waals surface area contributed by atoms with Crippen molar-refractivity contribution in [2.45, 2.75) is 26.3 Å². The van der Waals surface area contributed by atoms with Gasteiger partial charge >= 0.3 is 0 Å². The van der Waals surface area contributed by atoms with Crippen LogP contribution in [0.15, 0.2) is 42.5 Å². The summed E-state index contributed by atoms with van der Waals surface area (Å²) in [6.07, 6.45) is 2.25. The lowest BCUT2D eigenvalue weighted by Gasteiger charge is -2.31. The smallest absolute Gasteiger partial charge is 0.0670 e. The van der Waals surface area contributed by atoms with Crippen LogP contribution < -0.4 is 5.32 Å². The van der Waals surface area contributed by atoms with Gasteiger partial charge in [0, 0.05) is 16.8 Å². The van der Waals surface area contributed by atoms with E-state index < -0.39 is 0 Å². The van der Waals surface area contributed by atoms with Crippen LogP contribution in [0.1, 0.15) is 26.3 Å². The Hall–Kier alpha value is -1.44. The molecule has 1 heterocycles. The molecule has 0 aromatic heterocycles. The first-order valence-corrected chi connectivity index (χ1v) is 7.69. The van der Waals surface area contributed by atoms with E-state index in [9.17, 15) is 0 Å². The molecule has 0 radical (unpaired) electrons. The Kier molecular flexibility index (Phi) is 3.51. The van der Waals surface area contributed by atoms with Gasteiger partial charge in [-0.3, -0.25) is 0 Å². The fraction of sp³-hybridized carbons (Fsp3) is 0.222. The SMILES string of the molecule is CC1=CC(C)(C)Nc2ccc(-c3cccc(Cl)c3Cl)cc21. The number of rotatable bonds is 1. The number of benzene rings is 2. The van der Waals surface area contributed by atoms with Crippen LogP contribution in [0, 0.1) is 0 Å². The highest BCUT2D eigenvalue weighted by Gasteiger charge is 2.22. The molecule has 1 aliphatic rings. The Morgan fingerprint density at radius 1 is 1.00 bits per heavy atom. The molecule has 2 aromatic rings. The van der Waals surface area contributed by atoms with Gasteiger partial charge in [0.1, 0.15) is 0 Å². The molecule has 0 saturated heterocycles. The molecule has 1 N–H and O–H groups in total. The standard InChI is InChI=1S/C18H17Cl2N/c1-11-10-18(2,3)21-16-8-7-12(9-14(11)16)13-5-4-6-15(19)17(13)20/h4-10,21H,1-3H3. The van der Waals surface area contributed by atoms with E-state index in [-0.39, 0.29) is 5.54 Å². The summed E-state index contributed by atoms with van der Waals surface area (Å²) in [5.41, 5.74) is 5.66. The van der Waals surface area contributed by atoms with Crippen molar-refractivity contribution < 1.29 is 0 Å². The van der Waals surface area contributed by atoms with Gasteiger partial charge in [-0.05, 0) is 50.1 Å². The molecule has 0 amide bonds. The first-order chi connectivity index (χ1) is 9.87. The minimum atomic E-state index is -0.0215. The molecular formula is C18H17Cl2N. The van der Waals surface area contributed by atoms with Gasteiger partial charge in [-0.2, -0.15) is 0 Å². The minimum Gasteiger partial charge on any atom is -0.376 e. The summed E-state index contributed by atoms with van der Waals surface area (Å²) in [7, 11) is 0. The van der Waals surface area contributed by atoms with E-state index in [0.717, 1.165) is 16.8 Å². The molecule has 3 rings (SSSR count). The summed E-state index contributed by atoms with van der Waals surface area (Å²) in [6, 6.07) is 12.1. The van der Waals surface area contributed by atoms with E-state index in [1.54, 1.807) is 6.07 Å². The molecule has 0 unspecified atom stereocenters. The zero-order valence-electron chi connectivity index (χ0n) is 12.3. The topological polar surface area (TPSA) is 12.0 Å². The fourth-order valence-electron chi connectivity index (χ4n) is 2.88. The van der Waals surface area contributed by atoms with E-state index in [0.29, 0.717) is 10.0 Å². The minimum absolute atomic E-state index is 0.0215. The molecule has 2 aromatic carbocycles. The molecule has 0 atom stereocenters. The normalized spacial score (nSPS) is 16.0. The number of allylic oxidation sites excluding steroid dienone is 1. The summed E-state index contributed by atoms with van der Waals surface area (Å²) in [5.74, 6) is 0. The lowest BCUT2D eigenvalue weighted by Crippen LogP contribution is -2.31. The molecule has 0 spiro atoms. The highest BCUT2D eigenvalue weighted by atomic mass is 35.5. The maximum Gasteiger partial charge on any atom is 0.0670 e. The molecule has 108 valence electrons. The van der Waals surface area contributed by atoms with E-state index >= 15 is 0 Å². The Bertz CT molecular complexity index is 745. The van der Waals surface area contributed by atoms with Crippen molar-refractivity contribution in [3.63, 3.8) is 0 Å². The van der Waals surface area contributed by atoms with Crippen LogP contribution in [0.3, 0.4) is 0 Å². The van der Waals surface area contributed by atoms with Crippen molar-refractivity contribution in [3.05, 3.63) is 58.1 Å². The predicted octanol–water partition coefficient (Wildman–Crippen LogP) is 6.27. The number of nitrogens with one attached hydrogen (secondary N) is 1. The molecule has 0 fully saturated rings. The highest BCUT2D eigenvalue weighted by molar-refractivity contribution is 6.43. The number of anilines is 1. The van der Waals surface area contributed by atoms with Gasteiger partial charge in [-0.1, -0.05) is 47.5 Å². The van der Waals surface area contributed by atoms with Crippen molar-refractivity contribution in [2.75, 3.05) is 5.32 Å². The van der Waals surface area contributed by atoms with Crippen molar-refractivity contribution in [2.24, 2.45) is 0 Å². The van der Waals surface area contributed by atoms with Crippen LogP contribution in [0.2, 0.25) is 10.0 Å². The van der Waals surface area contributed by atoms with Gasteiger partial charge in [-0.25, -0.2) is 0 Å². The third kappa shape index (κ3) is 2.68. The molecule has 3 heteroatoms. The van der Waals surface area contributed by atoms with E-state index in [4.69, 9.17) is 23.2 Å². The third-order valence-electron chi connectivity index (χ3n) is 3.74. The molecule has 0 saturated carbocycles. The molecule has 0 aliphatic carbocycles. The van der Waals surface area contributed by atoms with Crippen molar-refractivity contribution in [1.29, 1.82) is 0 Å². The zero-order valence-corrected chi connectivity index (χ0v) is 13.8. The van der Waals surface area contributed by atoms with Gasteiger partial charge in [0.2, 0.25) is 0 Å². The van der Waals surface area contributed by atoms with Crippen molar-refractivity contribution in [3.8, 4) is 11.1 Å². The van der Waals surface area contributed by atoms with Gasteiger partial charge in [0.05, 0.1) is 15.6 Å². The highest BCUT2D eigenvalue weighted by Crippen LogP contribution is 2.39. The quantitative estimate of drug-likeness (QED) is 0.653. The summed E-state index contributed by atoms with van der Waals surface area (Å²) in [4.78, 5) is 0. The monoisotopic (exact) mass is 317 g/mol. The van der Waals surface area contributed by atoms with Crippen molar-refractivity contribution in [1.82, 2.24) is 0 Å². The van der Waals surface area contributed by atoms with Gasteiger partial charge in [0.15, 0.2) is 0 Å². The van der Waals surface area contributed by atoms with Crippen LogP contribution in [0.5, 0.6) is 0 Å². The lowest BCUT2D eigenvalue weighted by atomic mass is 9.89. The number of hydrogen-bond acceptors (Lipinski definition) is 1. The lowest BCUT2D eigenvalue weighted by molar-refractivity contribution is 0.707. The largest absolute Gasteiger partial charge is 0.376 e. The van der Waals surface area contributed by atoms with E-state index in [2.05, 4.69) is 50.4 Å². The van der Waals surface area contributed by atoms with Gasteiger partial charge in [0.25, 0.3) is 0 Å². The number of fused-ring (bicyclic) bond motifs is 1. The summed E-state index contributed by atoms with van der Waals surface area (Å²) in [6.45, 7) is 6.48. The summed E-state index contributed by atoms with van der Waals surface area (Å²) >= 11 is 12.4. The van der Waals surface area contributed by atoms with E-state index in [1.165, 1.54) is 11.1 Å². The maximum atomic E-state index is 6.33. The summed E-state index contributed by atoms with van der Waals surface area (Å²) < 4.78 is 0. The van der Waals surface area contributed by atoms with Crippen LogP contribution >= 0.6 is 23.2 Å². The first kappa shape index (κ1) is 14.5. The van der Waals surface area contributed by atoms with Gasteiger partial charge < -0.3 is 5.32 Å². The third-order valence-corrected chi connectivity index (χ3v) is 4.56. The first-order valence-electron chi connectivity index (χ1n) is 6.94. The molecule has 0 bridgehead atoms. The second-order valence-corrected chi connectivity index (χ2v) is 6.82. The fourth-order valence-corrected chi connectivity index (χ4v) is 3.29. The molecule has 1 aliphatic heterocycles. The Balaban J connectivity index is 2.13. The van der Waals surface area contributed by atoms with Crippen molar-refractivity contribution >= 4 is 34.5 Å². The summed E-state index contributed by atoms with van der Waals surface area (Å²) in [5, 5.41) is 4.72. The average molecular weight is 318 g/mol. The Labute approximate surface area is 135 Å². The molecule has 1 nitrogen and oxygen atoms in total. The zero-order chi connectivity index (χ0) is 15.2. The number of halogens is 2. The second-order valence-electron chi connectivity index (χ2n) is 6.04.